The zero-order valence-electron chi connectivity index (χ0n) is 17.3. The lowest BCUT2D eigenvalue weighted by molar-refractivity contribution is -0.153. The highest BCUT2D eigenvalue weighted by atomic mass is 16.2. The van der Waals surface area contributed by atoms with Crippen molar-refractivity contribution in [3.63, 3.8) is 0 Å². The van der Waals surface area contributed by atoms with Gasteiger partial charge < -0.3 is 15.2 Å². The van der Waals surface area contributed by atoms with E-state index in [0.29, 0.717) is 18.4 Å². The van der Waals surface area contributed by atoms with Crippen LogP contribution in [0.1, 0.15) is 51.3 Å². The summed E-state index contributed by atoms with van der Waals surface area (Å²) in [6.07, 6.45) is 6.76. The van der Waals surface area contributed by atoms with Gasteiger partial charge in [0.05, 0.1) is 16.4 Å². The predicted octanol–water partition coefficient (Wildman–Crippen LogP) is 2.71. The fraction of sp³-hybridized carbons (Fsp3) is 0.609. The van der Waals surface area contributed by atoms with Crippen molar-refractivity contribution in [1.82, 2.24) is 20.2 Å². The summed E-state index contributed by atoms with van der Waals surface area (Å²) in [5, 5.41) is 6.46. The highest BCUT2D eigenvalue weighted by Crippen LogP contribution is 2.61. The molecule has 2 amide bonds. The molecule has 4 aliphatic carbocycles. The van der Waals surface area contributed by atoms with Gasteiger partial charge in [-0.2, -0.15) is 0 Å². The average Bonchev–Trinajstić information content (AvgIpc) is 2.96. The lowest BCUT2D eigenvalue weighted by Crippen LogP contribution is -2.65. The molecule has 4 fully saturated rings. The minimum absolute atomic E-state index is 0.0318. The van der Waals surface area contributed by atoms with Gasteiger partial charge in [-0.1, -0.05) is 12.1 Å². The molecule has 0 saturated heterocycles. The normalized spacial score (nSPS) is 32.5. The van der Waals surface area contributed by atoms with Crippen molar-refractivity contribution in [2.75, 3.05) is 6.54 Å². The Balaban J connectivity index is 1.28. The van der Waals surface area contributed by atoms with Crippen LogP contribution in [-0.4, -0.2) is 33.4 Å². The Hall–Kier alpha value is -2.37. The van der Waals surface area contributed by atoms with Gasteiger partial charge in [0.1, 0.15) is 5.82 Å². The van der Waals surface area contributed by atoms with Gasteiger partial charge in [-0.25, -0.2) is 4.98 Å². The van der Waals surface area contributed by atoms with Crippen LogP contribution < -0.4 is 10.6 Å². The first-order chi connectivity index (χ1) is 13.9. The smallest absolute Gasteiger partial charge is 0.226 e. The number of hydrogen-bond acceptors (Lipinski definition) is 3. The van der Waals surface area contributed by atoms with E-state index in [2.05, 4.69) is 21.3 Å². The molecule has 4 aliphatic rings. The number of hydrogen-bond donors (Lipinski definition) is 2. The first kappa shape index (κ1) is 18.6. The van der Waals surface area contributed by atoms with E-state index in [4.69, 9.17) is 4.98 Å². The second-order valence-corrected chi connectivity index (χ2v) is 9.78. The Kier molecular flexibility index (Phi) is 4.23. The van der Waals surface area contributed by atoms with Crippen LogP contribution in [0.4, 0.5) is 0 Å². The molecule has 6 heteroatoms. The van der Waals surface area contributed by atoms with Crippen molar-refractivity contribution in [2.24, 2.45) is 24.3 Å². The lowest BCUT2D eigenvalue weighted by Gasteiger charge is -2.61. The molecule has 4 saturated carbocycles. The molecular formula is C23H30N4O2. The molecule has 0 spiro atoms. The Morgan fingerprint density at radius 1 is 1.17 bits per heavy atom. The number of carbonyl (C=O) groups excluding carboxylic acids is 2. The molecule has 2 atom stereocenters. The van der Waals surface area contributed by atoms with Crippen molar-refractivity contribution in [1.29, 1.82) is 0 Å². The number of nitrogens with one attached hydrogen (secondary N) is 2. The fourth-order valence-electron chi connectivity index (χ4n) is 6.94. The Morgan fingerprint density at radius 3 is 2.59 bits per heavy atom. The number of nitrogens with zero attached hydrogens (tertiary/aromatic N) is 2. The zero-order chi connectivity index (χ0) is 20.2. The first-order valence-electron chi connectivity index (χ1n) is 10.9. The van der Waals surface area contributed by atoms with Crippen molar-refractivity contribution in [3.8, 4) is 0 Å². The van der Waals surface area contributed by atoms with Crippen LogP contribution in [0, 0.1) is 17.3 Å². The summed E-state index contributed by atoms with van der Waals surface area (Å²) < 4.78 is 2.11. The molecule has 6 nitrogen and oxygen atoms in total. The van der Waals surface area contributed by atoms with Gasteiger partial charge in [0.15, 0.2) is 0 Å². The maximum Gasteiger partial charge on any atom is 0.226 e. The van der Waals surface area contributed by atoms with Crippen molar-refractivity contribution in [3.05, 3.63) is 30.1 Å². The summed E-state index contributed by atoms with van der Waals surface area (Å²) in [7, 11) is 2.03. The van der Waals surface area contributed by atoms with E-state index in [-0.39, 0.29) is 22.8 Å². The number of carbonyl (C=O) groups is 2. The molecule has 29 heavy (non-hydrogen) atoms. The highest BCUT2D eigenvalue weighted by Gasteiger charge is 2.60. The van der Waals surface area contributed by atoms with Gasteiger partial charge in [-0.15, -0.1) is 0 Å². The second kappa shape index (κ2) is 6.57. The van der Waals surface area contributed by atoms with Crippen LogP contribution in [0.2, 0.25) is 0 Å². The monoisotopic (exact) mass is 394 g/mol. The topological polar surface area (TPSA) is 76.0 Å². The van der Waals surface area contributed by atoms with Gasteiger partial charge >= 0.3 is 0 Å². The minimum atomic E-state index is -0.307. The van der Waals surface area contributed by atoms with Crippen molar-refractivity contribution >= 4 is 22.8 Å². The number of amides is 2. The number of fused-ring (bicyclic) bond motifs is 1. The molecule has 154 valence electrons. The third-order valence-electron chi connectivity index (χ3n) is 7.50. The molecule has 1 aromatic heterocycles. The van der Waals surface area contributed by atoms with Crippen molar-refractivity contribution < 1.29 is 9.59 Å². The average molecular weight is 395 g/mol. The van der Waals surface area contributed by atoms with Gasteiger partial charge in [-0.3, -0.25) is 9.59 Å². The van der Waals surface area contributed by atoms with Crippen LogP contribution in [0.25, 0.3) is 11.0 Å². The van der Waals surface area contributed by atoms with Crippen molar-refractivity contribution in [2.45, 2.75) is 57.4 Å². The number of benzene rings is 1. The Morgan fingerprint density at radius 2 is 1.90 bits per heavy atom. The quantitative estimate of drug-likeness (QED) is 0.819. The largest absolute Gasteiger partial charge is 0.355 e. The van der Waals surface area contributed by atoms with Crippen LogP contribution >= 0.6 is 0 Å². The Labute approximate surface area is 171 Å². The molecule has 1 heterocycles. The van der Waals surface area contributed by atoms with E-state index < -0.39 is 0 Å². The summed E-state index contributed by atoms with van der Waals surface area (Å²) in [5.41, 5.74) is 1.64. The van der Waals surface area contributed by atoms with Crippen LogP contribution in [0.5, 0.6) is 0 Å². The molecular weight excluding hydrogens is 364 g/mol. The standard InChI is InChI=1S/C23H30N4O2/c1-15(28)26-23-12-16-9-17(13-23)11-22(10-16,14-23)21(29)24-8-7-20-25-18-5-3-4-6-19(18)27(20)2/h3-6,16-17H,7-14H2,1-2H3,(H,24,29)(H,26,28)/t16-,17-,22?,23?/m1/s1. The van der Waals surface area contributed by atoms with E-state index in [0.717, 1.165) is 55.4 Å². The highest BCUT2D eigenvalue weighted by molar-refractivity contribution is 5.84. The molecule has 4 bridgehead atoms. The predicted molar refractivity (Wildman–Crippen MR) is 111 cm³/mol. The summed E-state index contributed by atoms with van der Waals surface area (Å²) in [6, 6.07) is 8.11. The van der Waals surface area contributed by atoms with Crippen LogP contribution in [0.3, 0.4) is 0 Å². The van der Waals surface area contributed by atoms with Gasteiger partial charge in [0.25, 0.3) is 0 Å². The minimum Gasteiger partial charge on any atom is -0.355 e. The van der Waals surface area contributed by atoms with E-state index in [1.165, 1.54) is 6.42 Å². The molecule has 0 aliphatic heterocycles. The fourth-order valence-corrected chi connectivity index (χ4v) is 6.94. The number of aromatic nitrogens is 2. The van der Waals surface area contributed by atoms with E-state index in [1.54, 1.807) is 6.92 Å². The van der Waals surface area contributed by atoms with E-state index in [1.807, 2.05) is 25.2 Å². The molecule has 2 aromatic rings. The third kappa shape index (κ3) is 3.13. The maximum absolute atomic E-state index is 13.3. The van der Waals surface area contributed by atoms with E-state index >= 15 is 0 Å². The van der Waals surface area contributed by atoms with Gasteiger partial charge in [0, 0.05) is 32.5 Å². The Bertz CT molecular complexity index is 964. The number of imidazole rings is 1. The SMILES string of the molecule is CC(=O)NC12C[C@@H]3C[C@@H](C1)CC(C(=O)NCCc1nc4ccccc4n1C)(C3)C2. The second-order valence-electron chi connectivity index (χ2n) is 9.78. The summed E-state index contributed by atoms with van der Waals surface area (Å²) >= 11 is 0. The lowest BCUT2D eigenvalue weighted by atomic mass is 9.46. The van der Waals surface area contributed by atoms with Crippen LogP contribution in [-0.2, 0) is 23.1 Å². The summed E-state index contributed by atoms with van der Waals surface area (Å²) in [4.78, 5) is 29.8. The molecule has 0 radical (unpaired) electrons. The molecule has 1 aromatic carbocycles. The maximum atomic E-state index is 13.3. The summed E-state index contributed by atoms with van der Waals surface area (Å²) in [6.45, 7) is 2.20. The number of para-hydroxylation sites is 2. The van der Waals surface area contributed by atoms with Gasteiger partial charge in [-0.05, 0) is 62.5 Å². The molecule has 0 unspecified atom stereocenters. The van der Waals surface area contributed by atoms with E-state index in [9.17, 15) is 9.59 Å². The molecule has 2 N–H and O–H groups in total. The van der Waals surface area contributed by atoms with Gasteiger partial charge in [0.2, 0.25) is 11.8 Å². The summed E-state index contributed by atoms with van der Waals surface area (Å²) in [5.74, 6) is 2.33. The first-order valence-corrected chi connectivity index (χ1v) is 10.9. The third-order valence-corrected chi connectivity index (χ3v) is 7.50. The zero-order valence-corrected chi connectivity index (χ0v) is 17.3. The number of rotatable bonds is 5. The molecule has 6 rings (SSSR count). The number of aryl methyl sites for hydroxylation is 1. The van der Waals surface area contributed by atoms with Crippen LogP contribution in [0.15, 0.2) is 24.3 Å².